The molecule has 8 heteroatoms. The van der Waals surface area contributed by atoms with Crippen molar-refractivity contribution in [3.63, 3.8) is 0 Å². The smallest absolute Gasteiger partial charge is 0.228 e. The van der Waals surface area contributed by atoms with Gasteiger partial charge < -0.3 is 19.0 Å². The van der Waals surface area contributed by atoms with Crippen LogP contribution in [0.25, 0.3) is 0 Å². The van der Waals surface area contributed by atoms with Crippen molar-refractivity contribution in [1.29, 1.82) is 0 Å². The molecule has 1 aromatic carbocycles. The van der Waals surface area contributed by atoms with Crippen LogP contribution >= 0.6 is 0 Å². The monoisotopic (exact) mass is 430 g/mol. The van der Waals surface area contributed by atoms with Gasteiger partial charge in [0, 0.05) is 11.6 Å². The van der Waals surface area contributed by atoms with Crippen LogP contribution in [0.1, 0.15) is 30.9 Å². The SMILES string of the molecule is COc1ccc(S(=O)(=O)c2c(C)c(C)n(Cc3ccco3)c2NC(=O)C(C)C)cc1. The summed E-state index contributed by atoms with van der Waals surface area (Å²) in [6.45, 7) is 7.39. The molecule has 0 bridgehead atoms. The van der Waals surface area contributed by atoms with Gasteiger partial charge in [-0.2, -0.15) is 0 Å². The lowest BCUT2D eigenvalue weighted by atomic mass is 10.2. The number of anilines is 1. The highest BCUT2D eigenvalue weighted by molar-refractivity contribution is 7.91. The molecule has 0 radical (unpaired) electrons. The number of benzene rings is 1. The number of carbonyl (C=O) groups excluding carboxylic acids is 1. The Hall–Kier alpha value is -3.00. The predicted molar refractivity (Wildman–Crippen MR) is 114 cm³/mol. The molecule has 1 amide bonds. The minimum Gasteiger partial charge on any atom is -0.497 e. The third-order valence-corrected chi connectivity index (χ3v) is 7.00. The molecular formula is C22H26N2O5S. The number of rotatable bonds is 7. The van der Waals surface area contributed by atoms with Gasteiger partial charge in [-0.3, -0.25) is 4.79 Å². The Morgan fingerprint density at radius 1 is 1.17 bits per heavy atom. The van der Waals surface area contributed by atoms with Crippen LogP contribution in [0.4, 0.5) is 5.82 Å². The van der Waals surface area contributed by atoms with Gasteiger partial charge >= 0.3 is 0 Å². The first-order chi connectivity index (χ1) is 14.2. The zero-order valence-electron chi connectivity index (χ0n) is 17.7. The van der Waals surface area contributed by atoms with Gasteiger partial charge in [-0.05, 0) is 55.8 Å². The molecule has 0 saturated heterocycles. The summed E-state index contributed by atoms with van der Waals surface area (Å²) in [5, 5.41) is 2.83. The first-order valence-electron chi connectivity index (χ1n) is 9.58. The van der Waals surface area contributed by atoms with Gasteiger partial charge in [-0.25, -0.2) is 8.42 Å². The van der Waals surface area contributed by atoms with E-state index in [0.29, 0.717) is 23.6 Å². The highest BCUT2D eigenvalue weighted by Crippen LogP contribution is 2.36. The van der Waals surface area contributed by atoms with Gasteiger partial charge in [0.05, 0.1) is 24.8 Å². The van der Waals surface area contributed by atoms with E-state index in [-0.39, 0.29) is 27.4 Å². The van der Waals surface area contributed by atoms with Crippen LogP contribution in [-0.2, 0) is 21.2 Å². The fraction of sp³-hybridized carbons (Fsp3) is 0.318. The van der Waals surface area contributed by atoms with E-state index >= 15 is 0 Å². The van der Waals surface area contributed by atoms with Crippen molar-refractivity contribution in [3.8, 4) is 5.75 Å². The van der Waals surface area contributed by atoms with Gasteiger partial charge in [0.25, 0.3) is 0 Å². The number of sulfone groups is 1. The number of aromatic nitrogens is 1. The fourth-order valence-corrected chi connectivity index (χ4v) is 4.87. The molecule has 1 N–H and O–H groups in total. The maximum atomic E-state index is 13.6. The van der Waals surface area contributed by atoms with Crippen molar-refractivity contribution in [2.24, 2.45) is 5.92 Å². The van der Waals surface area contributed by atoms with Crippen molar-refractivity contribution in [1.82, 2.24) is 4.57 Å². The maximum absolute atomic E-state index is 13.6. The first kappa shape index (κ1) is 21.7. The van der Waals surface area contributed by atoms with Crippen LogP contribution in [0.3, 0.4) is 0 Å². The molecule has 0 spiro atoms. The van der Waals surface area contributed by atoms with Crippen molar-refractivity contribution in [2.45, 2.75) is 44.0 Å². The van der Waals surface area contributed by atoms with E-state index in [1.165, 1.54) is 19.2 Å². The Balaban J connectivity index is 2.19. The van der Waals surface area contributed by atoms with E-state index < -0.39 is 9.84 Å². The van der Waals surface area contributed by atoms with E-state index in [4.69, 9.17) is 9.15 Å². The number of furan rings is 1. The lowest BCUT2D eigenvalue weighted by Gasteiger charge is -2.15. The van der Waals surface area contributed by atoms with Crippen LogP contribution in [0.2, 0.25) is 0 Å². The fourth-order valence-electron chi connectivity index (χ4n) is 3.18. The summed E-state index contributed by atoms with van der Waals surface area (Å²) >= 11 is 0. The minimum atomic E-state index is -3.90. The number of carbonyl (C=O) groups is 1. The second kappa shape index (κ2) is 8.39. The molecule has 0 unspecified atom stereocenters. The number of nitrogens with one attached hydrogen (secondary N) is 1. The normalized spacial score (nSPS) is 11.7. The summed E-state index contributed by atoms with van der Waals surface area (Å²) in [4.78, 5) is 12.7. The standard InChI is InChI=1S/C22H26N2O5S/c1-14(2)22(25)23-21-20(30(26,27)19-10-8-17(28-5)9-11-19)15(3)16(4)24(21)13-18-7-6-12-29-18/h6-12,14H,13H2,1-5H3,(H,23,25). The average molecular weight is 431 g/mol. The molecule has 0 aliphatic rings. The number of nitrogens with zero attached hydrogens (tertiary/aromatic N) is 1. The van der Waals surface area contributed by atoms with Crippen LogP contribution < -0.4 is 10.1 Å². The van der Waals surface area contributed by atoms with Gasteiger partial charge in [0.2, 0.25) is 15.7 Å². The quantitative estimate of drug-likeness (QED) is 0.607. The van der Waals surface area contributed by atoms with Gasteiger partial charge in [0.1, 0.15) is 22.2 Å². The third-order valence-electron chi connectivity index (χ3n) is 5.07. The van der Waals surface area contributed by atoms with Gasteiger partial charge in [0.15, 0.2) is 0 Å². The maximum Gasteiger partial charge on any atom is 0.228 e. The zero-order valence-corrected chi connectivity index (χ0v) is 18.5. The number of ether oxygens (including phenoxy) is 1. The summed E-state index contributed by atoms with van der Waals surface area (Å²) in [6.07, 6.45) is 1.56. The molecule has 3 aromatic rings. The molecule has 3 rings (SSSR count). The predicted octanol–water partition coefficient (Wildman–Crippen LogP) is 4.18. The van der Waals surface area contributed by atoms with Crippen LogP contribution in [-0.4, -0.2) is 26.0 Å². The molecule has 2 heterocycles. The van der Waals surface area contributed by atoms with Crippen molar-refractivity contribution < 1.29 is 22.4 Å². The van der Waals surface area contributed by atoms with E-state index in [1.54, 1.807) is 55.9 Å². The van der Waals surface area contributed by atoms with Crippen molar-refractivity contribution in [3.05, 3.63) is 59.7 Å². The highest BCUT2D eigenvalue weighted by atomic mass is 32.2. The Morgan fingerprint density at radius 2 is 1.83 bits per heavy atom. The lowest BCUT2D eigenvalue weighted by molar-refractivity contribution is -0.118. The molecule has 160 valence electrons. The van der Waals surface area contributed by atoms with E-state index in [1.807, 2.05) is 6.92 Å². The minimum absolute atomic E-state index is 0.0886. The van der Waals surface area contributed by atoms with Crippen LogP contribution in [0.5, 0.6) is 5.75 Å². The Kier molecular flexibility index (Phi) is 6.07. The Morgan fingerprint density at radius 3 is 2.37 bits per heavy atom. The topological polar surface area (TPSA) is 90.5 Å². The van der Waals surface area contributed by atoms with Crippen molar-refractivity contribution in [2.75, 3.05) is 12.4 Å². The summed E-state index contributed by atoms with van der Waals surface area (Å²) in [5.74, 6) is 0.886. The second-order valence-corrected chi connectivity index (χ2v) is 9.26. The summed E-state index contributed by atoms with van der Waals surface area (Å²) in [7, 11) is -2.38. The van der Waals surface area contributed by atoms with Crippen LogP contribution in [0, 0.1) is 19.8 Å². The zero-order chi connectivity index (χ0) is 22.1. The summed E-state index contributed by atoms with van der Waals surface area (Å²) in [6, 6.07) is 9.77. The molecular weight excluding hydrogens is 404 g/mol. The molecule has 0 atom stereocenters. The number of hydrogen-bond acceptors (Lipinski definition) is 5. The molecule has 30 heavy (non-hydrogen) atoms. The third kappa shape index (κ3) is 4.00. The van der Waals surface area contributed by atoms with E-state index in [2.05, 4.69) is 5.32 Å². The number of methoxy groups -OCH3 is 1. The van der Waals surface area contributed by atoms with E-state index in [9.17, 15) is 13.2 Å². The molecule has 0 saturated carbocycles. The summed E-state index contributed by atoms with van der Waals surface area (Å²) in [5.41, 5.74) is 1.31. The van der Waals surface area contributed by atoms with Gasteiger partial charge in [-0.15, -0.1) is 0 Å². The lowest BCUT2D eigenvalue weighted by Crippen LogP contribution is -2.22. The Bertz CT molecular complexity index is 1140. The molecule has 0 aliphatic carbocycles. The van der Waals surface area contributed by atoms with Gasteiger partial charge in [-0.1, -0.05) is 13.8 Å². The number of hydrogen-bond donors (Lipinski definition) is 1. The highest BCUT2D eigenvalue weighted by Gasteiger charge is 2.31. The van der Waals surface area contributed by atoms with Crippen molar-refractivity contribution >= 4 is 21.6 Å². The summed E-state index contributed by atoms with van der Waals surface area (Å²) < 4.78 is 39.5. The largest absolute Gasteiger partial charge is 0.497 e. The molecule has 0 fully saturated rings. The Labute approximate surface area is 176 Å². The average Bonchev–Trinajstić information content (AvgIpc) is 3.31. The molecule has 0 aliphatic heterocycles. The molecule has 2 aromatic heterocycles. The molecule has 7 nitrogen and oxygen atoms in total. The number of amides is 1. The van der Waals surface area contributed by atoms with E-state index in [0.717, 1.165) is 5.69 Å². The second-order valence-electron chi connectivity index (χ2n) is 7.38. The first-order valence-corrected chi connectivity index (χ1v) is 11.1. The van der Waals surface area contributed by atoms with Crippen LogP contribution in [0.15, 0.2) is 56.9 Å².